The molecule has 0 aliphatic rings. The highest BCUT2D eigenvalue weighted by Crippen LogP contribution is 2.27. The Bertz CT molecular complexity index is 544. The smallest absolute Gasteiger partial charge is 0.334 e. The maximum Gasteiger partial charge on any atom is 0.334 e. The summed E-state index contributed by atoms with van der Waals surface area (Å²) in [6, 6.07) is 3.82. The molecule has 0 fully saturated rings. The summed E-state index contributed by atoms with van der Waals surface area (Å²) in [5.41, 5.74) is -0.816. The third-order valence-corrected chi connectivity index (χ3v) is 2.39. The van der Waals surface area contributed by atoms with Gasteiger partial charge < -0.3 is 20.3 Å². The average Bonchev–Trinajstić information content (AvgIpc) is 2.42. The first-order valence-electron chi connectivity index (χ1n) is 5.39. The van der Waals surface area contributed by atoms with Crippen LogP contribution in [0.25, 0.3) is 0 Å². The van der Waals surface area contributed by atoms with Gasteiger partial charge in [-0.15, -0.1) is 0 Å². The third kappa shape index (κ3) is 3.42. The van der Waals surface area contributed by atoms with Gasteiger partial charge in [0.1, 0.15) is 5.75 Å². The number of nitrogens with one attached hydrogen (secondary N) is 1. The van der Waals surface area contributed by atoms with E-state index >= 15 is 0 Å². The van der Waals surface area contributed by atoms with Crippen molar-refractivity contribution < 1.29 is 29.5 Å². The van der Waals surface area contributed by atoms with E-state index in [1.54, 1.807) is 0 Å². The van der Waals surface area contributed by atoms with Gasteiger partial charge in [0.2, 0.25) is 0 Å². The number of aliphatic hydroxyl groups is 1. The highest BCUT2D eigenvalue weighted by Gasteiger charge is 2.25. The summed E-state index contributed by atoms with van der Waals surface area (Å²) in [6.07, 6.45) is -1.80. The zero-order chi connectivity index (χ0) is 15.3. The van der Waals surface area contributed by atoms with Gasteiger partial charge in [-0.05, 0) is 6.07 Å². The molecule has 0 aromatic heterocycles. The largest absolute Gasteiger partial charge is 0.496 e. The summed E-state index contributed by atoms with van der Waals surface area (Å²) in [5.74, 6) is -2.45. The second kappa shape index (κ2) is 6.48. The molecule has 1 unspecified atom stereocenters. The number of aliphatic hydroxyl groups excluding tert-OH is 1. The lowest BCUT2D eigenvalue weighted by Gasteiger charge is -2.10. The monoisotopic (exact) mass is 284 g/mol. The van der Waals surface area contributed by atoms with E-state index in [4.69, 9.17) is 14.9 Å². The number of carbonyl (C=O) groups excluding carboxylic acids is 1. The van der Waals surface area contributed by atoms with Crippen molar-refractivity contribution in [3.63, 3.8) is 0 Å². The minimum Gasteiger partial charge on any atom is -0.496 e. The molecule has 0 aliphatic heterocycles. The van der Waals surface area contributed by atoms with E-state index in [2.05, 4.69) is 5.32 Å². The fourth-order valence-corrected chi connectivity index (χ4v) is 1.44. The Hall–Kier alpha value is -2.68. The van der Waals surface area contributed by atoms with Crippen LogP contribution in [-0.2, 0) is 4.79 Å². The van der Waals surface area contributed by atoms with E-state index in [9.17, 15) is 19.7 Å². The summed E-state index contributed by atoms with van der Waals surface area (Å²) in [7, 11) is 1.24. The molecular weight excluding hydrogens is 272 g/mol. The molecule has 0 saturated carbocycles. The maximum absolute atomic E-state index is 11.9. The predicted molar refractivity (Wildman–Crippen MR) is 65.6 cm³/mol. The lowest BCUT2D eigenvalue weighted by molar-refractivity contribution is -0.385. The zero-order valence-electron chi connectivity index (χ0n) is 10.4. The van der Waals surface area contributed by atoms with Crippen LogP contribution in [0.4, 0.5) is 5.69 Å². The van der Waals surface area contributed by atoms with Crippen molar-refractivity contribution >= 4 is 17.6 Å². The summed E-state index contributed by atoms with van der Waals surface area (Å²) in [6.45, 7) is -0.580. The van der Waals surface area contributed by atoms with Crippen LogP contribution in [0.3, 0.4) is 0 Å². The molecule has 1 rings (SSSR count). The molecule has 9 nitrogen and oxygen atoms in total. The summed E-state index contributed by atoms with van der Waals surface area (Å²) >= 11 is 0. The van der Waals surface area contributed by atoms with Crippen molar-refractivity contribution in [2.75, 3.05) is 13.7 Å². The van der Waals surface area contributed by atoms with Crippen LogP contribution < -0.4 is 10.1 Å². The third-order valence-electron chi connectivity index (χ3n) is 2.39. The number of nitrogens with zero attached hydrogens (tertiary/aromatic N) is 1. The van der Waals surface area contributed by atoms with Gasteiger partial charge in [0.15, 0.2) is 11.7 Å². The molecule has 1 atom stereocenters. The molecular formula is C11H12N2O7. The van der Waals surface area contributed by atoms with Crippen LogP contribution in [0.2, 0.25) is 0 Å². The van der Waals surface area contributed by atoms with Crippen molar-refractivity contribution in [1.29, 1.82) is 0 Å². The fourth-order valence-electron chi connectivity index (χ4n) is 1.44. The Balaban J connectivity index is 3.02. The van der Waals surface area contributed by atoms with Crippen molar-refractivity contribution in [3.8, 4) is 5.75 Å². The standard InChI is InChI=1S/C11H12N2O7/c1-20-8-4-2-3-6(13(18)19)9(8)10(15)12-5-7(14)11(16)17/h2-4,7,14H,5H2,1H3,(H,12,15)(H,16,17). The quantitative estimate of drug-likeness (QED) is 0.484. The Kier molecular flexibility index (Phi) is 4.98. The van der Waals surface area contributed by atoms with Crippen LogP contribution in [-0.4, -0.2) is 46.8 Å². The van der Waals surface area contributed by atoms with Crippen LogP contribution >= 0.6 is 0 Å². The number of nitro benzene ring substituents is 1. The van der Waals surface area contributed by atoms with E-state index < -0.39 is 35.1 Å². The lowest BCUT2D eigenvalue weighted by Crippen LogP contribution is -2.36. The summed E-state index contributed by atoms with van der Waals surface area (Å²) < 4.78 is 4.87. The topological polar surface area (TPSA) is 139 Å². The summed E-state index contributed by atoms with van der Waals surface area (Å²) in [4.78, 5) is 32.4. The molecule has 0 bridgehead atoms. The number of methoxy groups -OCH3 is 1. The molecule has 20 heavy (non-hydrogen) atoms. The number of aliphatic carboxylic acids is 1. The number of carbonyl (C=O) groups is 2. The SMILES string of the molecule is COc1cccc([N+](=O)[O-])c1C(=O)NCC(O)C(=O)O. The van der Waals surface area contributed by atoms with Crippen molar-refractivity contribution in [2.24, 2.45) is 0 Å². The number of ether oxygens (including phenoxy) is 1. The number of hydrogen-bond donors (Lipinski definition) is 3. The van der Waals surface area contributed by atoms with Crippen LogP contribution in [0, 0.1) is 10.1 Å². The molecule has 0 heterocycles. The van der Waals surface area contributed by atoms with Gasteiger partial charge in [0, 0.05) is 6.07 Å². The molecule has 0 saturated heterocycles. The number of carboxylic acids is 1. The fraction of sp³-hybridized carbons (Fsp3) is 0.273. The van der Waals surface area contributed by atoms with Crippen molar-refractivity contribution in [1.82, 2.24) is 5.32 Å². The van der Waals surface area contributed by atoms with E-state index in [1.165, 1.54) is 19.2 Å². The van der Waals surface area contributed by atoms with Crippen LogP contribution in [0.5, 0.6) is 5.75 Å². The number of hydrogen-bond acceptors (Lipinski definition) is 6. The van der Waals surface area contributed by atoms with Crippen LogP contribution in [0.15, 0.2) is 18.2 Å². The number of benzene rings is 1. The molecule has 1 amide bonds. The number of nitro groups is 1. The zero-order valence-corrected chi connectivity index (χ0v) is 10.4. The Morgan fingerprint density at radius 2 is 2.15 bits per heavy atom. The first-order chi connectivity index (χ1) is 9.38. The number of carboxylic acid groups (broad SMARTS) is 1. The molecule has 0 spiro atoms. The summed E-state index contributed by atoms with van der Waals surface area (Å²) in [5, 5.41) is 30.5. The van der Waals surface area contributed by atoms with Crippen molar-refractivity contribution in [3.05, 3.63) is 33.9 Å². The van der Waals surface area contributed by atoms with Crippen LogP contribution in [0.1, 0.15) is 10.4 Å². The predicted octanol–water partition coefficient (Wildman–Crippen LogP) is -0.221. The van der Waals surface area contributed by atoms with E-state index in [0.717, 1.165) is 6.07 Å². The number of amides is 1. The normalized spacial score (nSPS) is 11.5. The molecule has 0 aliphatic carbocycles. The van der Waals surface area contributed by atoms with Gasteiger partial charge in [-0.2, -0.15) is 0 Å². The maximum atomic E-state index is 11.9. The minimum atomic E-state index is -1.80. The van der Waals surface area contributed by atoms with Gasteiger partial charge >= 0.3 is 5.97 Å². The molecule has 3 N–H and O–H groups in total. The molecule has 0 radical (unpaired) electrons. The Labute approximate surface area is 112 Å². The molecule has 1 aromatic rings. The lowest BCUT2D eigenvalue weighted by atomic mass is 10.1. The highest BCUT2D eigenvalue weighted by atomic mass is 16.6. The Morgan fingerprint density at radius 3 is 2.65 bits per heavy atom. The first kappa shape index (κ1) is 15.4. The van der Waals surface area contributed by atoms with E-state index in [-0.39, 0.29) is 11.3 Å². The minimum absolute atomic E-state index is 0.0264. The van der Waals surface area contributed by atoms with Gasteiger partial charge in [0.25, 0.3) is 11.6 Å². The molecule has 9 heteroatoms. The van der Waals surface area contributed by atoms with Gasteiger partial charge in [0.05, 0.1) is 18.6 Å². The van der Waals surface area contributed by atoms with Gasteiger partial charge in [-0.25, -0.2) is 4.79 Å². The van der Waals surface area contributed by atoms with Gasteiger partial charge in [-0.1, -0.05) is 6.07 Å². The van der Waals surface area contributed by atoms with E-state index in [0.29, 0.717) is 0 Å². The second-order valence-electron chi connectivity index (χ2n) is 3.68. The number of rotatable bonds is 6. The second-order valence-corrected chi connectivity index (χ2v) is 3.68. The molecule has 1 aromatic carbocycles. The van der Waals surface area contributed by atoms with Gasteiger partial charge in [-0.3, -0.25) is 14.9 Å². The van der Waals surface area contributed by atoms with Crippen molar-refractivity contribution in [2.45, 2.75) is 6.10 Å². The first-order valence-corrected chi connectivity index (χ1v) is 5.39. The average molecular weight is 284 g/mol. The molecule has 108 valence electrons. The Morgan fingerprint density at radius 1 is 1.50 bits per heavy atom. The van der Waals surface area contributed by atoms with E-state index in [1.807, 2.05) is 0 Å². The highest BCUT2D eigenvalue weighted by molar-refractivity contribution is 6.01.